The van der Waals surface area contributed by atoms with Gasteiger partial charge in [-0.2, -0.15) is 0 Å². The van der Waals surface area contributed by atoms with Crippen molar-refractivity contribution in [3.8, 4) is 5.75 Å². The summed E-state index contributed by atoms with van der Waals surface area (Å²) in [6.07, 6.45) is 0.0777. The van der Waals surface area contributed by atoms with Crippen molar-refractivity contribution in [1.29, 1.82) is 0 Å². The fourth-order valence-electron chi connectivity index (χ4n) is 1.48. The van der Waals surface area contributed by atoms with Crippen LogP contribution in [0.4, 0.5) is 5.69 Å². The van der Waals surface area contributed by atoms with E-state index in [4.69, 9.17) is 9.84 Å². The van der Waals surface area contributed by atoms with Crippen molar-refractivity contribution in [3.63, 3.8) is 0 Å². The van der Waals surface area contributed by atoms with Gasteiger partial charge in [-0.1, -0.05) is 12.1 Å². The van der Waals surface area contributed by atoms with Crippen molar-refractivity contribution >= 4 is 11.7 Å². The minimum Gasteiger partial charge on any atom is -0.489 e. The van der Waals surface area contributed by atoms with Crippen LogP contribution >= 0.6 is 0 Å². The van der Waals surface area contributed by atoms with Crippen LogP contribution in [0.3, 0.4) is 0 Å². The van der Waals surface area contributed by atoms with E-state index in [-0.39, 0.29) is 12.5 Å². The Morgan fingerprint density at radius 2 is 2.36 bits per heavy atom. The van der Waals surface area contributed by atoms with Gasteiger partial charge < -0.3 is 15.2 Å². The average molecular weight is 193 g/mol. The summed E-state index contributed by atoms with van der Waals surface area (Å²) in [7, 11) is 0. The van der Waals surface area contributed by atoms with E-state index in [1.165, 1.54) is 0 Å². The zero-order valence-electron chi connectivity index (χ0n) is 7.56. The molecule has 1 aromatic rings. The molecule has 0 spiro atoms. The van der Waals surface area contributed by atoms with E-state index in [0.29, 0.717) is 6.61 Å². The van der Waals surface area contributed by atoms with Gasteiger partial charge in [-0.3, -0.25) is 4.79 Å². The van der Waals surface area contributed by atoms with Gasteiger partial charge in [0.05, 0.1) is 18.2 Å². The summed E-state index contributed by atoms with van der Waals surface area (Å²) >= 11 is 0. The Kier molecular flexibility index (Phi) is 2.26. The monoisotopic (exact) mass is 193 g/mol. The maximum Gasteiger partial charge on any atom is 0.305 e. The van der Waals surface area contributed by atoms with E-state index >= 15 is 0 Å². The molecule has 2 N–H and O–H groups in total. The predicted molar refractivity (Wildman–Crippen MR) is 51.6 cm³/mol. The Morgan fingerprint density at radius 1 is 1.57 bits per heavy atom. The number of ether oxygens (including phenoxy) is 1. The van der Waals surface area contributed by atoms with Crippen LogP contribution in [-0.2, 0) is 4.79 Å². The number of para-hydroxylation sites is 2. The number of rotatable bonds is 2. The molecule has 0 amide bonds. The lowest BCUT2D eigenvalue weighted by Crippen LogP contribution is -2.33. The second-order valence-corrected chi connectivity index (χ2v) is 3.25. The first-order valence-electron chi connectivity index (χ1n) is 4.46. The van der Waals surface area contributed by atoms with Crippen molar-refractivity contribution in [1.82, 2.24) is 0 Å². The van der Waals surface area contributed by atoms with Crippen LogP contribution in [0, 0.1) is 0 Å². The number of hydrogen-bond acceptors (Lipinski definition) is 3. The summed E-state index contributed by atoms with van der Waals surface area (Å²) in [6, 6.07) is 7.38. The number of aliphatic carboxylic acids is 1. The minimum absolute atomic E-state index is 0.0777. The molecule has 0 saturated carbocycles. The molecule has 1 aromatic carbocycles. The van der Waals surface area contributed by atoms with Crippen molar-refractivity contribution in [2.45, 2.75) is 12.5 Å². The van der Waals surface area contributed by atoms with Gasteiger partial charge in [0.1, 0.15) is 12.4 Å². The van der Waals surface area contributed by atoms with E-state index in [1.807, 2.05) is 24.3 Å². The molecular formula is C10H11NO3. The molecule has 4 nitrogen and oxygen atoms in total. The van der Waals surface area contributed by atoms with Crippen molar-refractivity contribution in [2.75, 3.05) is 11.9 Å². The van der Waals surface area contributed by atoms with Crippen LogP contribution in [0.5, 0.6) is 5.75 Å². The quantitative estimate of drug-likeness (QED) is 0.744. The van der Waals surface area contributed by atoms with Crippen LogP contribution in [0.25, 0.3) is 0 Å². The summed E-state index contributed by atoms with van der Waals surface area (Å²) in [4.78, 5) is 10.5. The van der Waals surface area contributed by atoms with Gasteiger partial charge in [0.15, 0.2) is 0 Å². The summed E-state index contributed by atoms with van der Waals surface area (Å²) in [5.41, 5.74) is 0.866. The maximum absolute atomic E-state index is 10.5. The van der Waals surface area contributed by atoms with E-state index in [9.17, 15) is 4.79 Å². The van der Waals surface area contributed by atoms with Crippen LogP contribution in [0.1, 0.15) is 6.42 Å². The summed E-state index contributed by atoms with van der Waals surface area (Å²) < 4.78 is 5.41. The normalized spacial score (nSPS) is 19.0. The Bertz CT molecular complexity index is 351. The molecule has 1 aliphatic heterocycles. The first-order valence-corrected chi connectivity index (χ1v) is 4.46. The molecule has 4 heteroatoms. The third-order valence-electron chi connectivity index (χ3n) is 2.11. The van der Waals surface area contributed by atoms with Crippen LogP contribution in [-0.4, -0.2) is 23.7 Å². The molecule has 74 valence electrons. The van der Waals surface area contributed by atoms with Crippen molar-refractivity contribution in [3.05, 3.63) is 24.3 Å². The number of hydrogen-bond donors (Lipinski definition) is 2. The van der Waals surface area contributed by atoms with E-state index in [0.717, 1.165) is 11.4 Å². The number of nitrogens with one attached hydrogen (secondary N) is 1. The van der Waals surface area contributed by atoms with E-state index < -0.39 is 5.97 Å². The third-order valence-corrected chi connectivity index (χ3v) is 2.11. The van der Waals surface area contributed by atoms with Crippen LogP contribution in [0.15, 0.2) is 24.3 Å². The zero-order chi connectivity index (χ0) is 9.97. The molecule has 14 heavy (non-hydrogen) atoms. The molecule has 0 aliphatic carbocycles. The highest BCUT2D eigenvalue weighted by molar-refractivity contribution is 5.69. The number of carbonyl (C=O) groups is 1. The Hall–Kier alpha value is -1.71. The molecular weight excluding hydrogens is 182 g/mol. The topological polar surface area (TPSA) is 58.6 Å². The Morgan fingerprint density at radius 3 is 3.14 bits per heavy atom. The molecule has 2 rings (SSSR count). The largest absolute Gasteiger partial charge is 0.489 e. The molecule has 0 fully saturated rings. The van der Waals surface area contributed by atoms with Crippen molar-refractivity contribution in [2.24, 2.45) is 0 Å². The lowest BCUT2D eigenvalue weighted by atomic mass is 10.1. The first-order chi connectivity index (χ1) is 6.75. The molecule has 0 saturated heterocycles. The van der Waals surface area contributed by atoms with Gasteiger partial charge in [0.2, 0.25) is 0 Å². The van der Waals surface area contributed by atoms with E-state index in [1.54, 1.807) is 0 Å². The molecule has 1 heterocycles. The molecule has 0 aromatic heterocycles. The lowest BCUT2D eigenvalue weighted by Gasteiger charge is -2.26. The highest BCUT2D eigenvalue weighted by Gasteiger charge is 2.20. The highest BCUT2D eigenvalue weighted by atomic mass is 16.5. The molecule has 0 unspecified atom stereocenters. The van der Waals surface area contributed by atoms with Gasteiger partial charge in [0.25, 0.3) is 0 Å². The van der Waals surface area contributed by atoms with Gasteiger partial charge in [-0.05, 0) is 12.1 Å². The summed E-state index contributed by atoms with van der Waals surface area (Å²) in [5.74, 6) is -0.0281. The third kappa shape index (κ3) is 1.79. The highest BCUT2D eigenvalue weighted by Crippen LogP contribution is 2.28. The number of benzene rings is 1. The van der Waals surface area contributed by atoms with Crippen molar-refractivity contribution < 1.29 is 14.6 Å². The maximum atomic E-state index is 10.5. The molecule has 1 atom stereocenters. The van der Waals surface area contributed by atoms with E-state index in [2.05, 4.69) is 5.32 Å². The van der Waals surface area contributed by atoms with Gasteiger partial charge in [0, 0.05) is 0 Å². The minimum atomic E-state index is -0.814. The fourth-order valence-corrected chi connectivity index (χ4v) is 1.48. The number of carboxylic acids is 1. The second kappa shape index (κ2) is 3.57. The number of anilines is 1. The molecule has 1 aliphatic rings. The predicted octanol–water partition coefficient (Wildman–Crippen LogP) is 1.33. The summed E-state index contributed by atoms with van der Waals surface area (Å²) in [5, 5.41) is 11.7. The Balaban J connectivity index is 2.09. The number of carboxylic acid groups (broad SMARTS) is 1. The van der Waals surface area contributed by atoms with Crippen LogP contribution in [0.2, 0.25) is 0 Å². The average Bonchev–Trinajstić information content (AvgIpc) is 2.17. The van der Waals surface area contributed by atoms with Gasteiger partial charge >= 0.3 is 5.97 Å². The fraction of sp³-hybridized carbons (Fsp3) is 0.300. The zero-order valence-corrected chi connectivity index (χ0v) is 7.56. The van der Waals surface area contributed by atoms with Gasteiger partial charge in [-0.25, -0.2) is 0 Å². The SMILES string of the molecule is O=C(O)C[C@H]1COc2ccccc2N1. The lowest BCUT2D eigenvalue weighted by molar-refractivity contribution is -0.137. The number of fused-ring (bicyclic) bond motifs is 1. The molecule has 0 radical (unpaired) electrons. The summed E-state index contributed by atoms with van der Waals surface area (Å²) in [6.45, 7) is 0.406. The smallest absolute Gasteiger partial charge is 0.305 e. The Labute approximate surface area is 81.5 Å². The van der Waals surface area contributed by atoms with Crippen LogP contribution < -0.4 is 10.1 Å². The second-order valence-electron chi connectivity index (χ2n) is 3.25. The van der Waals surface area contributed by atoms with Gasteiger partial charge in [-0.15, -0.1) is 0 Å². The molecule has 0 bridgehead atoms. The standard InChI is InChI=1S/C10H11NO3/c12-10(13)5-7-6-14-9-4-2-1-3-8(9)11-7/h1-4,7,11H,5-6H2,(H,12,13)/t7-/m0/s1. The first kappa shape index (κ1) is 8.87.